The van der Waals surface area contributed by atoms with E-state index in [-0.39, 0.29) is 78.4 Å². The maximum Gasteiger partial charge on any atom is 0.262 e. The Bertz CT molecular complexity index is 4570. The van der Waals surface area contributed by atoms with Crippen molar-refractivity contribution in [3.8, 4) is 44.1 Å². The van der Waals surface area contributed by atoms with Crippen LogP contribution in [0.25, 0.3) is 41.6 Å². The molecular formula is C83H92N8O14S2. The summed E-state index contributed by atoms with van der Waals surface area (Å²) in [4.78, 5) is 117. The van der Waals surface area contributed by atoms with Gasteiger partial charge in [0.2, 0.25) is 11.8 Å². The fourth-order valence-corrected chi connectivity index (χ4v) is 17.3. The molecule has 6 aliphatic heterocycles. The lowest BCUT2D eigenvalue weighted by molar-refractivity contribution is -0.136. The van der Waals surface area contributed by atoms with Crippen molar-refractivity contribution in [3.63, 3.8) is 0 Å². The summed E-state index contributed by atoms with van der Waals surface area (Å²) in [5.74, 6) is -1.94. The van der Waals surface area contributed by atoms with Crippen LogP contribution in [0.2, 0.25) is 0 Å². The van der Waals surface area contributed by atoms with Gasteiger partial charge in [-0.2, -0.15) is 0 Å². The van der Waals surface area contributed by atoms with Gasteiger partial charge >= 0.3 is 0 Å². The van der Waals surface area contributed by atoms with Crippen molar-refractivity contribution in [2.24, 2.45) is 11.8 Å². The van der Waals surface area contributed by atoms with E-state index in [1.54, 1.807) is 73.3 Å². The molecule has 5 saturated heterocycles. The zero-order valence-corrected chi connectivity index (χ0v) is 62.5. The number of nitrogens with one attached hydrogen (secondary N) is 2. The van der Waals surface area contributed by atoms with Gasteiger partial charge in [0, 0.05) is 91.7 Å². The van der Waals surface area contributed by atoms with Crippen molar-refractivity contribution >= 4 is 101 Å². The number of amides is 4. The maximum atomic E-state index is 13.2. The first-order valence-corrected chi connectivity index (χ1v) is 39.5. The number of ketones is 4. The van der Waals surface area contributed by atoms with E-state index in [0.29, 0.717) is 54.2 Å². The predicted molar refractivity (Wildman–Crippen MR) is 411 cm³/mol. The summed E-state index contributed by atoms with van der Waals surface area (Å²) in [7, 11) is 3.38. The molecule has 8 aliphatic rings. The van der Waals surface area contributed by atoms with Crippen LogP contribution >= 0.6 is 22.7 Å². The molecule has 0 bridgehead atoms. The van der Waals surface area contributed by atoms with Crippen molar-refractivity contribution < 1.29 is 66.8 Å². The molecule has 8 aromatic rings. The lowest BCUT2D eigenvalue weighted by Crippen LogP contribution is -2.54. The normalized spacial score (nSPS) is 20.1. The van der Waals surface area contributed by atoms with Crippen molar-refractivity contribution in [1.29, 1.82) is 0 Å². The molecule has 8 heterocycles. The van der Waals surface area contributed by atoms with Crippen molar-refractivity contribution in [1.82, 2.24) is 30.4 Å². The number of benzene rings is 6. The number of thiazole rings is 2. The number of anilines is 2. The third kappa shape index (κ3) is 17.5. The maximum absolute atomic E-state index is 13.2. The molecule has 3 unspecified atom stereocenters. The van der Waals surface area contributed by atoms with Gasteiger partial charge in [-0.25, -0.2) is 9.97 Å². The highest BCUT2D eigenvalue weighted by Crippen LogP contribution is 2.41. The zero-order chi connectivity index (χ0) is 74.1. The zero-order valence-electron chi connectivity index (χ0n) is 60.9. The number of carbonyl (C=O) groups is 8. The standard InChI is InChI=1S/C42H45N3O7S.C22H25N3O2S.C19H22N2O5/c1-50-30-11-14-36-38(23-30)53-42(43-36)26-5-7-27(8-6-26)45-24-32(25-45)52-29-15-18-44(19-16-29)17-3-2-4-20-51-31-10-13-33-35(22-31)41(49)39(40(33)48)34-12-9-28(46)21-37(34)47;1-26-18-6-7-20-21(12-18)28-22(24-20)15-2-4-16(5-3-15)25-13-19(14-25)27-17-8-10-23-11-9-17;1-2-3-4-5-10-26-12-6-7-13-14(11-12)19(25)21(18(13)24)15-8-9-16(22)20-17(15)23/h5-8,10-11,13-14,22-23,29,32,34,39H,2-4,9,12,15-21,24-25H2,1H3;2-7,12,17,19,23H,8-11,13-14H2,1H3;6-7,11,15H,2-5,8-10H2,1H3,(H,20,22,23). The van der Waals surface area contributed by atoms with Crippen molar-refractivity contribution in [2.45, 2.75) is 140 Å². The molecule has 24 heteroatoms. The van der Waals surface area contributed by atoms with Crippen molar-refractivity contribution in [2.75, 3.05) is 96.1 Å². The summed E-state index contributed by atoms with van der Waals surface area (Å²) >= 11 is 3.39. The van der Waals surface area contributed by atoms with Gasteiger partial charge in [-0.05, 0) is 205 Å². The summed E-state index contributed by atoms with van der Waals surface area (Å²) in [5.41, 5.74) is 7.97. The van der Waals surface area contributed by atoms with Gasteiger partial charge in [0.25, 0.3) is 11.8 Å². The predicted octanol–water partition coefficient (Wildman–Crippen LogP) is 12.8. The monoisotopic (exact) mass is 1490 g/mol. The number of hydrogen-bond acceptors (Lipinski definition) is 22. The third-order valence-corrected chi connectivity index (χ3v) is 23.6. The Morgan fingerprint density at radius 2 is 1.03 bits per heavy atom. The minimum atomic E-state index is -1.00. The number of unbranched alkanes of at least 4 members (excludes halogenated alkanes) is 5. The van der Waals surface area contributed by atoms with Gasteiger partial charge in [-0.1, -0.05) is 26.2 Å². The Kier molecular flexibility index (Phi) is 23.9. The Hall–Kier alpha value is -9.30. The Morgan fingerprint density at radius 1 is 0.505 bits per heavy atom. The fourth-order valence-electron chi connectivity index (χ4n) is 15.3. The molecule has 0 spiro atoms. The first-order valence-electron chi connectivity index (χ1n) is 37.9. The van der Waals surface area contributed by atoms with Crippen LogP contribution in [0.5, 0.6) is 23.0 Å². The van der Waals surface area contributed by atoms with Gasteiger partial charge in [0.1, 0.15) is 50.6 Å². The highest BCUT2D eigenvalue weighted by atomic mass is 32.1. The van der Waals surface area contributed by atoms with Gasteiger partial charge < -0.3 is 48.4 Å². The molecule has 4 amide bonds. The van der Waals surface area contributed by atoms with E-state index in [1.165, 1.54) is 11.4 Å². The van der Waals surface area contributed by atoms with Crippen molar-refractivity contribution in [3.05, 3.63) is 144 Å². The number of methoxy groups -OCH3 is 2. The van der Waals surface area contributed by atoms with E-state index >= 15 is 0 Å². The summed E-state index contributed by atoms with van der Waals surface area (Å²) < 4.78 is 37.3. The molecule has 22 nitrogen and oxygen atoms in total. The van der Waals surface area contributed by atoms with E-state index in [1.807, 2.05) is 36.4 Å². The second-order valence-corrected chi connectivity index (χ2v) is 30.9. The van der Waals surface area contributed by atoms with E-state index < -0.39 is 35.6 Å². The van der Waals surface area contributed by atoms with E-state index in [2.05, 4.69) is 80.8 Å². The molecule has 2 aliphatic carbocycles. The van der Waals surface area contributed by atoms with Crippen LogP contribution in [0, 0.1) is 11.8 Å². The van der Waals surface area contributed by atoms with E-state index in [9.17, 15) is 38.4 Å². The number of imide groups is 2. The van der Waals surface area contributed by atoms with Crippen LogP contribution in [-0.4, -0.2) is 183 Å². The van der Waals surface area contributed by atoms with Crippen LogP contribution in [0.1, 0.15) is 151 Å². The van der Waals surface area contributed by atoms with Crippen LogP contribution in [0.4, 0.5) is 11.4 Å². The number of likely N-dealkylation sites (tertiary alicyclic amines) is 1. The highest BCUT2D eigenvalue weighted by molar-refractivity contribution is 7.22. The second-order valence-electron chi connectivity index (χ2n) is 28.8. The lowest BCUT2D eigenvalue weighted by Gasteiger charge is -2.43. The number of fused-ring (bicyclic) bond motifs is 4. The highest BCUT2D eigenvalue weighted by Gasteiger charge is 2.48. The van der Waals surface area contributed by atoms with Crippen LogP contribution in [0.15, 0.2) is 121 Å². The second kappa shape index (κ2) is 34.3. The van der Waals surface area contributed by atoms with Gasteiger partial charge in [0.05, 0.1) is 95.7 Å². The molecule has 1 saturated carbocycles. The molecule has 6 fully saturated rings. The topological polar surface area (TPSA) is 255 Å². The number of piperidine rings is 3. The molecule has 560 valence electrons. The average Bonchev–Trinajstić information content (AvgIpc) is 1.62. The SMILES string of the molecule is CCCCCCOc1ccc2c(c1)C(=O)N(C1CCC(=O)NC1=O)C2=O.COc1ccc2nc(-c3ccc(N4CC(OC5CCN(CCCCCOc6ccc7c(c6)C(=O)C(C6CCC(=O)CC6=O)C7=O)CC5)C4)cc3)sc2c1.COc1ccc2nc(-c3ccc(N4CC(OC5CCNCC5)C4)cc3)sc2c1. The van der Waals surface area contributed by atoms with E-state index in [4.69, 9.17) is 38.4 Å². The Balaban J connectivity index is 0.000000149. The number of aromatic nitrogens is 2. The van der Waals surface area contributed by atoms with E-state index in [0.717, 1.165) is 188 Å². The van der Waals surface area contributed by atoms with Crippen LogP contribution in [0.3, 0.4) is 0 Å². The lowest BCUT2D eigenvalue weighted by atomic mass is 9.76. The minimum absolute atomic E-state index is 0.107. The number of ether oxygens (including phenoxy) is 6. The number of Topliss-reactive ketones (excluding diaryl/α,β-unsaturated/α-hetero) is 4. The molecule has 2 N–H and O–H groups in total. The van der Waals surface area contributed by atoms with Gasteiger partial charge in [-0.3, -0.25) is 48.6 Å². The van der Waals surface area contributed by atoms with Gasteiger partial charge in [-0.15, -0.1) is 22.7 Å². The summed E-state index contributed by atoms with van der Waals surface area (Å²) in [6.07, 6.45) is 13.8. The smallest absolute Gasteiger partial charge is 0.262 e. The first kappa shape index (κ1) is 74.6. The quantitative estimate of drug-likeness (QED) is 0.0306. The number of rotatable bonds is 25. The summed E-state index contributed by atoms with van der Waals surface area (Å²) in [5, 5.41) is 7.63. The Labute approximate surface area is 630 Å². The largest absolute Gasteiger partial charge is 0.497 e. The number of carbonyl (C=O) groups excluding carboxylic acids is 8. The molecule has 0 radical (unpaired) electrons. The molecule has 3 atom stereocenters. The third-order valence-electron chi connectivity index (χ3n) is 21.5. The Morgan fingerprint density at radius 3 is 1.58 bits per heavy atom. The molecular weight excluding hydrogens is 1400 g/mol. The van der Waals surface area contributed by atoms with Crippen LogP contribution < -0.4 is 39.4 Å². The van der Waals surface area contributed by atoms with Gasteiger partial charge in [0.15, 0.2) is 11.6 Å². The number of nitrogens with zero attached hydrogens (tertiary/aromatic N) is 6. The fraction of sp³-hybridized carbons (Fsp3) is 0.446. The minimum Gasteiger partial charge on any atom is -0.497 e. The average molecular weight is 1490 g/mol. The summed E-state index contributed by atoms with van der Waals surface area (Å²) in [6.45, 7) is 12.4. The number of hydrogen-bond donors (Lipinski definition) is 2. The molecule has 107 heavy (non-hydrogen) atoms. The molecule has 2 aromatic heterocycles. The first-order chi connectivity index (χ1) is 52.1. The van der Waals surface area contributed by atoms with Crippen LogP contribution in [-0.2, 0) is 28.7 Å². The summed E-state index contributed by atoms with van der Waals surface area (Å²) in [6, 6.07) is 38.3. The molecule has 6 aromatic carbocycles. The molecule has 16 rings (SSSR count).